The number of nitrogens with one attached hydrogen (secondary N) is 1. The van der Waals surface area contributed by atoms with Crippen LogP contribution in [0.5, 0.6) is 0 Å². The molecular weight excluding hydrogens is 238 g/mol. The van der Waals surface area contributed by atoms with Gasteiger partial charge in [-0.1, -0.05) is 24.3 Å². The average Bonchev–Trinajstić information content (AvgIpc) is 2.82. The van der Waals surface area contributed by atoms with Crippen LogP contribution in [0.3, 0.4) is 0 Å². The Morgan fingerprint density at radius 3 is 2.35 bits per heavy atom. The van der Waals surface area contributed by atoms with Crippen molar-refractivity contribution in [2.75, 3.05) is 6.54 Å². The van der Waals surface area contributed by atoms with Crippen LogP contribution in [0.15, 0.2) is 24.3 Å². The van der Waals surface area contributed by atoms with Crippen molar-refractivity contribution in [3.63, 3.8) is 0 Å². The molecular formula is C13H16ClNO2. The summed E-state index contributed by atoms with van der Waals surface area (Å²) in [4.78, 5) is 11.0. The molecule has 0 radical (unpaired) electrons. The first-order chi connectivity index (χ1) is 7.69. The monoisotopic (exact) mass is 253 g/mol. The van der Waals surface area contributed by atoms with Crippen LogP contribution in [0, 0.1) is 5.41 Å². The maximum atomic E-state index is 11.0. The van der Waals surface area contributed by atoms with Crippen LogP contribution in [0.1, 0.15) is 17.5 Å². The SMILES string of the molecule is Cl.O=C(O)[C@@H]1CC2(CN1)Cc1ccccc1C2. The van der Waals surface area contributed by atoms with Crippen LogP contribution < -0.4 is 5.32 Å². The Labute approximate surface area is 107 Å². The summed E-state index contributed by atoms with van der Waals surface area (Å²) in [5.41, 5.74) is 2.96. The lowest BCUT2D eigenvalue weighted by molar-refractivity contribution is -0.139. The molecule has 2 N–H and O–H groups in total. The van der Waals surface area contributed by atoms with E-state index in [0.717, 1.165) is 25.8 Å². The molecule has 0 saturated carbocycles. The number of aliphatic carboxylic acids is 1. The number of carbonyl (C=O) groups is 1. The van der Waals surface area contributed by atoms with Gasteiger partial charge in [0.05, 0.1) is 0 Å². The predicted octanol–water partition coefficient (Wildman–Crippen LogP) is 1.64. The van der Waals surface area contributed by atoms with Crippen LogP contribution >= 0.6 is 12.4 Å². The molecule has 0 aromatic heterocycles. The maximum absolute atomic E-state index is 11.0. The number of hydrogen-bond donors (Lipinski definition) is 2. The van der Waals surface area contributed by atoms with Gasteiger partial charge >= 0.3 is 5.97 Å². The summed E-state index contributed by atoms with van der Waals surface area (Å²) in [6, 6.07) is 8.11. The molecule has 0 unspecified atom stereocenters. The number of benzene rings is 1. The highest BCUT2D eigenvalue weighted by Crippen LogP contribution is 2.42. The molecule has 0 bridgehead atoms. The number of fused-ring (bicyclic) bond motifs is 1. The molecule has 1 aromatic rings. The molecule has 0 amide bonds. The van der Waals surface area contributed by atoms with E-state index in [9.17, 15) is 4.79 Å². The average molecular weight is 254 g/mol. The lowest BCUT2D eigenvalue weighted by Gasteiger charge is -2.20. The van der Waals surface area contributed by atoms with Crippen LogP contribution in [0.2, 0.25) is 0 Å². The zero-order valence-electron chi connectivity index (χ0n) is 9.48. The summed E-state index contributed by atoms with van der Waals surface area (Å²) in [6.45, 7) is 0.832. The number of carboxylic acids is 1. The van der Waals surface area contributed by atoms with Crippen molar-refractivity contribution in [1.82, 2.24) is 5.32 Å². The Hall–Kier alpha value is -1.06. The minimum absolute atomic E-state index is 0. The molecule has 1 aliphatic heterocycles. The number of halogens is 1. The zero-order valence-corrected chi connectivity index (χ0v) is 10.3. The molecule has 3 nitrogen and oxygen atoms in total. The fourth-order valence-electron chi connectivity index (χ4n) is 3.13. The zero-order chi connectivity index (χ0) is 11.2. The molecule has 1 fully saturated rings. The Kier molecular flexibility index (Phi) is 3.15. The third-order valence-electron chi connectivity index (χ3n) is 3.91. The minimum atomic E-state index is -0.715. The smallest absolute Gasteiger partial charge is 0.320 e. The van der Waals surface area contributed by atoms with E-state index >= 15 is 0 Å². The van der Waals surface area contributed by atoms with Gasteiger partial charge in [-0.25, -0.2) is 0 Å². The Bertz CT molecular complexity index is 422. The van der Waals surface area contributed by atoms with Crippen LogP contribution in [-0.4, -0.2) is 23.7 Å². The van der Waals surface area contributed by atoms with Gasteiger partial charge in [0, 0.05) is 6.54 Å². The Morgan fingerprint density at radius 2 is 1.88 bits per heavy atom. The van der Waals surface area contributed by atoms with Crippen LogP contribution in [-0.2, 0) is 17.6 Å². The highest BCUT2D eigenvalue weighted by molar-refractivity contribution is 5.85. The van der Waals surface area contributed by atoms with Crippen molar-refractivity contribution in [3.8, 4) is 0 Å². The van der Waals surface area contributed by atoms with Gasteiger partial charge in [0.2, 0.25) is 0 Å². The van der Waals surface area contributed by atoms with E-state index in [2.05, 4.69) is 29.6 Å². The Morgan fingerprint density at radius 1 is 1.29 bits per heavy atom. The first-order valence-corrected chi connectivity index (χ1v) is 5.72. The van der Waals surface area contributed by atoms with Crippen molar-refractivity contribution in [1.29, 1.82) is 0 Å². The molecule has 2 aliphatic rings. The second-order valence-electron chi connectivity index (χ2n) is 5.10. The summed E-state index contributed by atoms with van der Waals surface area (Å²) in [6.07, 6.45) is 2.82. The summed E-state index contributed by atoms with van der Waals surface area (Å²) in [5.74, 6) is -0.715. The van der Waals surface area contributed by atoms with Gasteiger partial charge in [-0.05, 0) is 35.8 Å². The molecule has 1 spiro atoms. The third kappa shape index (κ3) is 2.05. The lowest BCUT2D eigenvalue weighted by Crippen LogP contribution is -2.30. The van der Waals surface area contributed by atoms with E-state index in [1.54, 1.807) is 0 Å². The molecule has 1 aliphatic carbocycles. The normalized spacial score (nSPS) is 24.4. The predicted molar refractivity (Wildman–Crippen MR) is 67.6 cm³/mol. The van der Waals surface area contributed by atoms with Crippen LogP contribution in [0.4, 0.5) is 0 Å². The van der Waals surface area contributed by atoms with Crippen molar-refractivity contribution in [2.24, 2.45) is 5.41 Å². The molecule has 1 heterocycles. The number of carboxylic acid groups (broad SMARTS) is 1. The minimum Gasteiger partial charge on any atom is -0.480 e. The van der Waals surface area contributed by atoms with Crippen molar-refractivity contribution < 1.29 is 9.90 Å². The van der Waals surface area contributed by atoms with Gasteiger partial charge in [-0.2, -0.15) is 0 Å². The third-order valence-corrected chi connectivity index (χ3v) is 3.91. The second-order valence-corrected chi connectivity index (χ2v) is 5.10. The summed E-state index contributed by atoms with van der Waals surface area (Å²) in [5, 5.41) is 12.1. The molecule has 1 atom stereocenters. The Balaban J connectivity index is 0.00000108. The molecule has 92 valence electrons. The molecule has 3 rings (SSSR count). The van der Waals surface area contributed by atoms with Gasteiger partial charge < -0.3 is 10.4 Å². The van der Waals surface area contributed by atoms with Gasteiger partial charge in [-0.3, -0.25) is 4.79 Å². The standard InChI is InChI=1S/C13H15NO2.ClH/c15-12(16)11-7-13(8-14-11)5-9-3-1-2-4-10(9)6-13;/h1-4,11,14H,5-8H2,(H,15,16);1H/t11-;/m0./s1. The maximum Gasteiger partial charge on any atom is 0.320 e. The van der Waals surface area contributed by atoms with E-state index < -0.39 is 5.97 Å². The van der Waals surface area contributed by atoms with Crippen molar-refractivity contribution in [2.45, 2.75) is 25.3 Å². The molecule has 1 aromatic carbocycles. The molecule has 17 heavy (non-hydrogen) atoms. The topological polar surface area (TPSA) is 49.3 Å². The van der Waals surface area contributed by atoms with Gasteiger partial charge in [0.1, 0.15) is 6.04 Å². The summed E-state index contributed by atoms with van der Waals surface area (Å²) < 4.78 is 0. The van der Waals surface area contributed by atoms with Crippen LogP contribution in [0.25, 0.3) is 0 Å². The quantitative estimate of drug-likeness (QED) is 0.800. The summed E-state index contributed by atoms with van der Waals surface area (Å²) >= 11 is 0. The van der Waals surface area contributed by atoms with Crippen molar-refractivity contribution in [3.05, 3.63) is 35.4 Å². The summed E-state index contributed by atoms with van der Waals surface area (Å²) in [7, 11) is 0. The van der Waals surface area contributed by atoms with E-state index in [0.29, 0.717) is 0 Å². The molecule has 4 heteroatoms. The highest BCUT2D eigenvalue weighted by atomic mass is 35.5. The van der Waals surface area contributed by atoms with Gasteiger partial charge in [-0.15, -0.1) is 12.4 Å². The van der Waals surface area contributed by atoms with E-state index in [1.807, 2.05) is 0 Å². The number of hydrogen-bond acceptors (Lipinski definition) is 2. The van der Waals surface area contributed by atoms with Gasteiger partial charge in [0.15, 0.2) is 0 Å². The fraction of sp³-hybridized carbons (Fsp3) is 0.462. The fourth-order valence-corrected chi connectivity index (χ4v) is 3.13. The van der Waals surface area contributed by atoms with E-state index in [4.69, 9.17) is 5.11 Å². The number of rotatable bonds is 1. The van der Waals surface area contributed by atoms with E-state index in [-0.39, 0.29) is 23.9 Å². The van der Waals surface area contributed by atoms with E-state index in [1.165, 1.54) is 11.1 Å². The first-order valence-electron chi connectivity index (χ1n) is 5.72. The lowest BCUT2D eigenvalue weighted by atomic mass is 9.82. The van der Waals surface area contributed by atoms with Crippen molar-refractivity contribution >= 4 is 18.4 Å². The first kappa shape index (κ1) is 12.4. The van der Waals surface area contributed by atoms with Gasteiger partial charge in [0.25, 0.3) is 0 Å². The highest BCUT2D eigenvalue weighted by Gasteiger charge is 2.45. The molecule has 1 saturated heterocycles. The second kappa shape index (κ2) is 4.31. The largest absolute Gasteiger partial charge is 0.480 e.